The quantitative estimate of drug-likeness (QED) is 0.0292. The molecular weight excluding hydrogens is 1700 g/mol. The van der Waals surface area contributed by atoms with E-state index in [1.807, 2.05) is 6.08 Å². The smallest absolute Gasteiger partial charge is 0.220 e. The van der Waals surface area contributed by atoms with Gasteiger partial charge in [0.1, 0.15) is 159 Å². The highest BCUT2D eigenvalue weighted by Gasteiger charge is 2.61. The number of amides is 3. The molecule has 3 amide bonds. The third-order valence-corrected chi connectivity index (χ3v) is 25.8. The monoisotopic (exact) mass is 1860 g/mol. The van der Waals surface area contributed by atoms with Crippen molar-refractivity contribution in [2.75, 3.05) is 39.6 Å². The van der Waals surface area contributed by atoms with Crippen LogP contribution in [0.25, 0.3) is 0 Å². The average Bonchev–Trinajstić information content (AvgIpc) is 0.753. The summed E-state index contributed by atoms with van der Waals surface area (Å²) in [7, 11) is 0. The van der Waals surface area contributed by atoms with E-state index < -0.39 is 278 Å². The SMILES string of the molecule is CCCCCCCCCCCCC/C=C/[C@@H](O)[C@H](CO[C@@H]1OC(CO)[C@@H](O[C@@H]2OC(CO)[C@H](O)[C@H](O[C@@H]3OC(CO)[C@@H](O[C@H]4OC(C)[C@@H](O)C(O)[C@@H]4O)[C@H](O[C@@H]4OC(CO)[C@H](O)[C@H](O[C@H]5OC(CO)[C@H](O)[C@H](O)C5NC(C)=O)C4O[C@H]4OC(C)[C@@H](O)C(O)[C@@H]4O)C3NC(C)=O)C2O)[C@H](O)C1O)NC(=O)CCCCCCCCCCCCCCCCCCCCCCCCC. The maximum Gasteiger partial charge on any atom is 0.220 e. The van der Waals surface area contributed by atoms with Gasteiger partial charge in [-0.3, -0.25) is 14.4 Å². The number of carbonyl (C=O) groups is 3. The lowest BCUT2D eigenvalue weighted by Crippen LogP contribution is -2.72. The van der Waals surface area contributed by atoms with E-state index in [2.05, 4.69) is 29.8 Å². The predicted octanol–water partition coefficient (Wildman–Crippen LogP) is 0.576. The molecule has 7 rings (SSSR count). The molecule has 7 aliphatic rings. The molecule has 7 fully saturated rings. The van der Waals surface area contributed by atoms with E-state index in [9.17, 15) is 111 Å². The van der Waals surface area contributed by atoms with E-state index in [1.165, 1.54) is 174 Å². The highest BCUT2D eigenvalue weighted by atomic mass is 16.8. The fraction of sp³-hybridized carbons (Fsp3) is 0.944. The summed E-state index contributed by atoms with van der Waals surface area (Å²) in [6.07, 6.45) is -21.8. The number of ether oxygens (including phenoxy) is 14. The second-order valence-corrected chi connectivity index (χ2v) is 36.3. The molecule has 39 nitrogen and oxygen atoms in total. The maximum absolute atomic E-state index is 13.8. The molecule has 0 aromatic carbocycles. The molecule has 754 valence electrons. The van der Waals surface area contributed by atoms with Crippen molar-refractivity contribution in [1.29, 1.82) is 0 Å². The highest BCUT2D eigenvalue weighted by molar-refractivity contribution is 5.76. The second-order valence-electron chi connectivity index (χ2n) is 36.3. The zero-order valence-electron chi connectivity index (χ0n) is 76.7. The molecular formula is C90H163N3O36. The Labute approximate surface area is 759 Å². The van der Waals surface area contributed by atoms with E-state index in [-0.39, 0.29) is 12.3 Å². The second kappa shape index (κ2) is 60.5. The molecule has 0 aliphatic carbocycles. The van der Waals surface area contributed by atoms with Gasteiger partial charge in [-0.05, 0) is 33.1 Å². The number of hydrogen-bond acceptors (Lipinski definition) is 36. The Hall–Kier alpha value is -3.17. The van der Waals surface area contributed by atoms with Gasteiger partial charge in [0.2, 0.25) is 17.7 Å². The van der Waals surface area contributed by atoms with E-state index >= 15 is 0 Å². The Balaban J connectivity index is 1.06. The minimum Gasteiger partial charge on any atom is -0.394 e. The Morgan fingerprint density at radius 2 is 0.659 bits per heavy atom. The van der Waals surface area contributed by atoms with Crippen molar-refractivity contribution in [3.63, 3.8) is 0 Å². The van der Waals surface area contributed by atoms with Crippen molar-refractivity contribution in [3.8, 4) is 0 Å². The summed E-state index contributed by atoms with van der Waals surface area (Å²) in [4.78, 5) is 40.3. The Morgan fingerprint density at radius 3 is 1.12 bits per heavy atom. The first-order valence-electron chi connectivity index (χ1n) is 48.2. The van der Waals surface area contributed by atoms with Crippen LogP contribution in [0.3, 0.4) is 0 Å². The lowest BCUT2D eigenvalue weighted by Gasteiger charge is -2.53. The third-order valence-electron chi connectivity index (χ3n) is 25.8. The number of aliphatic hydroxyl groups is 19. The topological polar surface area (TPSA) is 601 Å². The number of carbonyl (C=O) groups excluding carboxylic acids is 3. The van der Waals surface area contributed by atoms with Crippen LogP contribution in [-0.2, 0) is 80.7 Å². The highest BCUT2D eigenvalue weighted by Crippen LogP contribution is 2.41. The van der Waals surface area contributed by atoms with Crippen molar-refractivity contribution in [2.24, 2.45) is 0 Å². The summed E-state index contributed by atoms with van der Waals surface area (Å²) in [5, 5.41) is 224. The first-order chi connectivity index (χ1) is 62.0. The molecule has 7 saturated heterocycles. The molecule has 129 heavy (non-hydrogen) atoms. The number of rotatable bonds is 61. The van der Waals surface area contributed by atoms with Crippen molar-refractivity contribution in [3.05, 3.63) is 12.2 Å². The Bertz CT molecular complexity index is 3040. The summed E-state index contributed by atoms with van der Waals surface area (Å²) in [6.45, 7) is 3.12. The van der Waals surface area contributed by atoms with Crippen LogP contribution in [0.15, 0.2) is 12.2 Å². The molecule has 0 aromatic rings. The molecule has 39 heteroatoms. The molecule has 0 bridgehead atoms. The van der Waals surface area contributed by atoms with Crippen LogP contribution in [0.4, 0.5) is 0 Å². The van der Waals surface area contributed by atoms with Crippen molar-refractivity contribution < 1.29 is 178 Å². The van der Waals surface area contributed by atoms with Gasteiger partial charge in [0.25, 0.3) is 0 Å². The Kier molecular flexibility index (Phi) is 52.9. The van der Waals surface area contributed by atoms with Gasteiger partial charge < -0.3 is 179 Å². The van der Waals surface area contributed by atoms with Gasteiger partial charge in [-0.25, -0.2) is 0 Å². The van der Waals surface area contributed by atoms with Crippen molar-refractivity contribution >= 4 is 17.7 Å². The molecule has 14 unspecified atom stereocenters. The molecule has 7 heterocycles. The summed E-state index contributed by atoms with van der Waals surface area (Å²) >= 11 is 0. The van der Waals surface area contributed by atoms with Gasteiger partial charge in [0, 0.05) is 20.3 Å². The fourth-order valence-electron chi connectivity index (χ4n) is 17.9. The number of nitrogens with one attached hydrogen (secondary N) is 3. The molecule has 37 atom stereocenters. The van der Waals surface area contributed by atoms with Gasteiger partial charge in [-0.1, -0.05) is 231 Å². The molecule has 7 aliphatic heterocycles. The minimum atomic E-state index is -2.34. The van der Waals surface area contributed by atoms with Crippen molar-refractivity contribution in [2.45, 2.75) is 500 Å². The zero-order valence-corrected chi connectivity index (χ0v) is 76.7. The van der Waals surface area contributed by atoms with E-state index in [0.717, 1.165) is 65.2 Å². The average molecular weight is 1860 g/mol. The van der Waals surface area contributed by atoms with Gasteiger partial charge in [-0.2, -0.15) is 0 Å². The minimum absolute atomic E-state index is 0.149. The first-order valence-corrected chi connectivity index (χ1v) is 48.2. The maximum atomic E-state index is 13.8. The first kappa shape index (κ1) is 113. The normalized spacial score (nSPS) is 37.5. The van der Waals surface area contributed by atoms with Crippen LogP contribution in [0.1, 0.15) is 273 Å². The summed E-state index contributed by atoms with van der Waals surface area (Å²) in [5.74, 6) is -2.18. The number of unbranched alkanes of at least 4 members (excludes halogenated alkanes) is 33. The molecule has 22 N–H and O–H groups in total. The van der Waals surface area contributed by atoms with Gasteiger partial charge in [-0.15, -0.1) is 0 Å². The number of aliphatic hydroxyl groups excluding tert-OH is 19. The van der Waals surface area contributed by atoms with Crippen molar-refractivity contribution in [1.82, 2.24) is 16.0 Å². The van der Waals surface area contributed by atoms with Crippen LogP contribution in [0.5, 0.6) is 0 Å². The van der Waals surface area contributed by atoms with Crippen LogP contribution < -0.4 is 16.0 Å². The van der Waals surface area contributed by atoms with E-state index in [4.69, 9.17) is 66.3 Å². The zero-order chi connectivity index (χ0) is 94.2. The van der Waals surface area contributed by atoms with Crippen LogP contribution in [-0.4, -0.2) is 381 Å². The van der Waals surface area contributed by atoms with Crippen LogP contribution in [0, 0.1) is 0 Å². The lowest BCUT2D eigenvalue weighted by molar-refractivity contribution is -0.408. The summed E-state index contributed by atoms with van der Waals surface area (Å²) < 4.78 is 86.4. The van der Waals surface area contributed by atoms with Crippen LogP contribution >= 0.6 is 0 Å². The molecule has 0 spiro atoms. The predicted molar refractivity (Wildman–Crippen MR) is 461 cm³/mol. The Morgan fingerprint density at radius 1 is 0.318 bits per heavy atom. The molecule has 0 aromatic heterocycles. The van der Waals surface area contributed by atoms with Crippen LogP contribution in [0.2, 0.25) is 0 Å². The van der Waals surface area contributed by atoms with Gasteiger partial charge >= 0.3 is 0 Å². The molecule has 0 radical (unpaired) electrons. The largest absolute Gasteiger partial charge is 0.394 e. The fourth-order valence-corrected chi connectivity index (χ4v) is 17.9. The van der Waals surface area contributed by atoms with Gasteiger partial charge in [0.15, 0.2) is 44.0 Å². The lowest BCUT2D eigenvalue weighted by atomic mass is 9.93. The number of allylic oxidation sites excluding steroid dienone is 1. The summed E-state index contributed by atoms with van der Waals surface area (Å²) in [5.41, 5.74) is 0. The summed E-state index contributed by atoms with van der Waals surface area (Å²) in [6, 6.07) is -4.92. The van der Waals surface area contributed by atoms with E-state index in [0.29, 0.717) is 12.8 Å². The third kappa shape index (κ3) is 35.0. The molecule has 0 saturated carbocycles. The van der Waals surface area contributed by atoms with Gasteiger partial charge in [0.05, 0.1) is 64.0 Å². The standard InChI is InChI=1S/C90H163N3O36/c1-7-9-11-13-15-17-19-21-22-23-24-25-26-27-28-29-30-32-34-36-38-40-42-44-62(102)93-55(56(101)43-41-39-37-35-33-31-20-18-16-14-12-10-8-2)50-116-86-76(114)73(111)78(60(48-97)123-86)124-89-77(115)81(68(106)58(46-95)120-89)127-85-64(92-54(6)100)80(79(61(49-98)122-85)125-87-74(112)71(109)65(103)51(3)117-87)126-90-83(129-88-75(113)72(110)66(104)52(4)118-88)82(69(107)59(47-96)121-90)128-84-63(91-53(5)99)70(108)67(105)57(45-94)119-84/h41,43,51-52,55-61,63-90,94-98,101,103-115H,7-40,42,44-50H2,1-6H3,(H,91,99)(H,92,100)(H,93,102)/b43-41+/t51?,52?,55-,56+,57?,58?,59?,60?,61?,63?,64?,65+,66+,67-,68-,69-,70+,71?,72?,73+,74-,75-,76?,77?,78+,79+,80+,81-,82-,83?,84+,85-,86+,87+,88+,89-,90-/m0/s1. The number of hydrogen-bond donors (Lipinski definition) is 22. The van der Waals surface area contributed by atoms with E-state index in [1.54, 1.807) is 6.08 Å².